The van der Waals surface area contributed by atoms with Gasteiger partial charge in [0.1, 0.15) is 6.67 Å². The number of nitrogens with zero attached hydrogens (tertiary/aromatic N) is 5. The largest absolute Gasteiger partial charge is 0.376 e. The van der Waals surface area contributed by atoms with Crippen molar-refractivity contribution in [2.24, 2.45) is 5.11 Å². The van der Waals surface area contributed by atoms with Gasteiger partial charge in [0.25, 0.3) is 0 Å². The molecule has 0 N–H and O–H groups in total. The van der Waals surface area contributed by atoms with E-state index in [-0.39, 0.29) is 0 Å². The van der Waals surface area contributed by atoms with E-state index in [0.717, 1.165) is 11.3 Å². The lowest BCUT2D eigenvalue weighted by atomic mass is 10.0. The third-order valence-corrected chi connectivity index (χ3v) is 2.99. The van der Waals surface area contributed by atoms with Crippen LogP contribution in [0.4, 0.5) is 4.39 Å². The minimum Gasteiger partial charge on any atom is -0.376 e. The maximum Gasteiger partial charge on any atom is 0.101 e. The van der Waals surface area contributed by atoms with Gasteiger partial charge in [0.05, 0.1) is 18.5 Å². The van der Waals surface area contributed by atoms with Crippen molar-refractivity contribution in [2.45, 2.75) is 12.1 Å². The van der Waals surface area contributed by atoms with Crippen LogP contribution in [0.15, 0.2) is 48.1 Å². The average molecular weight is 275 g/mol. The highest BCUT2D eigenvalue weighted by molar-refractivity contribution is 5.35. The molecule has 0 spiro atoms. The van der Waals surface area contributed by atoms with Crippen molar-refractivity contribution >= 4 is 0 Å². The molecule has 1 unspecified atom stereocenters. The Morgan fingerprint density at radius 1 is 1.45 bits per heavy atom. The molecule has 0 radical (unpaired) electrons. The van der Waals surface area contributed by atoms with Crippen molar-refractivity contribution in [1.82, 2.24) is 9.55 Å². The predicted octanol–water partition coefficient (Wildman–Crippen LogP) is 3.21. The van der Waals surface area contributed by atoms with Gasteiger partial charge < -0.3 is 9.30 Å². The molecule has 2 aromatic rings. The number of halogens is 1. The summed E-state index contributed by atoms with van der Waals surface area (Å²) >= 11 is 0. The minimum absolute atomic E-state index is 0.604. The fraction of sp³-hybridized carbons (Fsp3) is 0.308. The van der Waals surface area contributed by atoms with Gasteiger partial charge in [-0.2, -0.15) is 0 Å². The molecular weight excluding hydrogens is 261 g/mol. The average Bonchev–Trinajstić information content (AvgIpc) is 3.02. The lowest BCUT2D eigenvalue weighted by molar-refractivity contribution is 0.0722. The summed E-state index contributed by atoms with van der Waals surface area (Å²) in [6, 6.07) is 6.50. The molecule has 0 saturated heterocycles. The molecule has 6 nitrogen and oxygen atoms in total. The van der Waals surface area contributed by atoms with Crippen LogP contribution in [0.1, 0.15) is 11.7 Å². The second kappa shape index (κ2) is 6.70. The van der Waals surface area contributed by atoms with Crippen LogP contribution in [0.3, 0.4) is 0 Å². The monoisotopic (exact) mass is 275 g/mol. The Balaban J connectivity index is 2.25. The van der Waals surface area contributed by atoms with Crippen molar-refractivity contribution in [2.75, 3.05) is 13.8 Å². The first-order valence-electron chi connectivity index (χ1n) is 6.01. The van der Waals surface area contributed by atoms with Gasteiger partial charge in [0.15, 0.2) is 0 Å². The van der Waals surface area contributed by atoms with Crippen LogP contribution in [0.25, 0.3) is 16.1 Å². The summed E-state index contributed by atoms with van der Waals surface area (Å²) in [5.41, 5.74) is 10.1. The molecule has 1 aromatic carbocycles. The van der Waals surface area contributed by atoms with E-state index in [4.69, 9.17) is 10.3 Å². The van der Waals surface area contributed by atoms with Crippen LogP contribution in [0.5, 0.6) is 0 Å². The molecule has 104 valence electrons. The molecule has 2 rings (SSSR count). The minimum atomic E-state index is -0.871. The summed E-state index contributed by atoms with van der Waals surface area (Å²) < 4.78 is 20.0. The van der Waals surface area contributed by atoms with E-state index in [0.29, 0.717) is 0 Å². The molecule has 0 saturated carbocycles. The van der Waals surface area contributed by atoms with Gasteiger partial charge in [-0.3, -0.25) is 4.39 Å². The molecule has 0 aliphatic carbocycles. The number of ether oxygens (including phenoxy) is 1. The van der Waals surface area contributed by atoms with Crippen LogP contribution < -0.4 is 0 Å². The Morgan fingerprint density at radius 3 is 2.70 bits per heavy atom. The Bertz CT molecular complexity index is 577. The van der Waals surface area contributed by atoms with Crippen LogP contribution in [-0.2, 0) is 4.74 Å². The molecule has 7 heteroatoms. The fourth-order valence-corrected chi connectivity index (χ4v) is 2.00. The zero-order valence-corrected chi connectivity index (χ0v) is 10.9. The molecule has 0 aliphatic rings. The van der Waals surface area contributed by atoms with Gasteiger partial charge in [-0.1, -0.05) is 17.2 Å². The summed E-state index contributed by atoms with van der Waals surface area (Å²) in [5.74, 6) is 0. The predicted molar refractivity (Wildman–Crippen MR) is 72.2 cm³/mol. The highest BCUT2D eigenvalue weighted by atomic mass is 19.1. The standard InChI is InChI=1S/C13H14FN5O/c1-20-13(12(8-14)17-18-15)10-2-4-11(5-3-10)19-7-6-16-9-19/h2-7,9,12-13H,8H2,1H3/t12?,13-/m1/s1. The van der Waals surface area contributed by atoms with Crippen LogP contribution >= 0.6 is 0 Å². The third kappa shape index (κ3) is 2.96. The van der Waals surface area contributed by atoms with E-state index in [1.165, 1.54) is 7.11 Å². The number of imidazole rings is 1. The van der Waals surface area contributed by atoms with E-state index in [9.17, 15) is 4.39 Å². The first-order valence-corrected chi connectivity index (χ1v) is 6.01. The van der Waals surface area contributed by atoms with Crippen molar-refractivity contribution < 1.29 is 9.13 Å². The molecule has 2 atom stereocenters. The highest BCUT2D eigenvalue weighted by Gasteiger charge is 2.22. The van der Waals surface area contributed by atoms with Crippen molar-refractivity contribution in [3.05, 3.63) is 59.0 Å². The first kappa shape index (κ1) is 14.0. The second-order valence-electron chi connectivity index (χ2n) is 4.14. The van der Waals surface area contributed by atoms with Gasteiger partial charge in [0, 0.05) is 30.1 Å². The van der Waals surface area contributed by atoms with Crippen LogP contribution in [-0.4, -0.2) is 29.4 Å². The Kier molecular flexibility index (Phi) is 4.70. The quantitative estimate of drug-likeness (QED) is 0.461. The number of benzene rings is 1. The molecule has 1 heterocycles. The molecular formula is C13H14FN5O. The summed E-state index contributed by atoms with van der Waals surface area (Å²) in [5, 5.41) is 3.43. The maximum atomic E-state index is 12.9. The first-order chi connectivity index (χ1) is 9.80. The third-order valence-electron chi connectivity index (χ3n) is 2.99. The molecule has 0 bridgehead atoms. The lowest BCUT2D eigenvalue weighted by Gasteiger charge is -2.20. The second-order valence-corrected chi connectivity index (χ2v) is 4.14. The summed E-state index contributed by atoms with van der Waals surface area (Å²) in [6.07, 6.45) is 4.60. The Hall–Kier alpha value is -2.37. The summed E-state index contributed by atoms with van der Waals surface area (Å²) in [7, 11) is 1.46. The Morgan fingerprint density at radius 2 is 2.20 bits per heavy atom. The smallest absolute Gasteiger partial charge is 0.101 e. The fourth-order valence-electron chi connectivity index (χ4n) is 2.00. The zero-order chi connectivity index (χ0) is 14.4. The van der Waals surface area contributed by atoms with Crippen molar-refractivity contribution in [1.29, 1.82) is 0 Å². The number of aromatic nitrogens is 2. The molecule has 1 aromatic heterocycles. The molecule has 0 fully saturated rings. The Labute approximate surface area is 115 Å². The van der Waals surface area contributed by atoms with E-state index in [1.54, 1.807) is 12.5 Å². The topological polar surface area (TPSA) is 75.8 Å². The lowest BCUT2D eigenvalue weighted by Crippen LogP contribution is -2.20. The van der Waals surface area contributed by atoms with E-state index in [1.807, 2.05) is 35.0 Å². The van der Waals surface area contributed by atoms with Gasteiger partial charge in [-0.25, -0.2) is 4.98 Å². The van der Waals surface area contributed by atoms with Crippen molar-refractivity contribution in [3.8, 4) is 5.69 Å². The van der Waals surface area contributed by atoms with E-state index < -0.39 is 18.8 Å². The molecule has 0 amide bonds. The summed E-state index contributed by atoms with van der Waals surface area (Å²) in [6.45, 7) is -0.772. The maximum absolute atomic E-state index is 12.9. The van der Waals surface area contributed by atoms with Crippen LogP contribution in [0.2, 0.25) is 0 Å². The molecule has 0 aliphatic heterocycles. The number of rotatable bonds is 6. The van der Waals surface area contributed by atoms with Gasteiger partial charge in [-0.05, 0) is 23.2 Å². The number of hydrogen-bond acceptors (Lipinski definition) is 3. The van der Waals surface area contributed by atoms with E-state index >= 15 is 0 Å². The van der Waals surface area contributed by atoms with Gasteiger partial charge in [0.2, 0.25) is 0 Å². The van der Waals surface area contributed by atoms with Crippen molar-refractivity contribution in [3.63, 3.8) is 0 Å². The molecule has 20 heavy (non-hydrogen) atoms. The van der Waals surface area contributed by atoms with Gasteiger partial charge >= 0.3 is 0 Å². The van der Waals surface area contributed by atoms with E-state index in [2.05, 4.69) is 15.0 Å². The van der Waals surface area contributed by atoms with Gasteiger partial charge in [-0.15, -0.1) is 0 Å². The number of hydrogen-bond donors (Lipinski definition) is 0. The number of azide groups is 1. The summed E-state index contributed by atoms with van der Waals surface area (Å²) in [4.78, 5) is 6.62. The van der Waals surface area contributed by atoms with Crippen LogP contribution in [0, 0.1) is 0 Å². The SMILES string of the molecule is CO[C@H](c1ccc(-n2ccnc2)cc1)C(CF)N=[N+]=[N-]. The number of methoxy groups -OCH3 is 1. The highest BCUT2D eigenvalue weighted by Crippen LogP contribution is 2.24. The number of alkyl halides is 1. The normalized spacial score (nSPS) is 13.5. The zero-order valence-electron chi connectivity index (χ0n) is 10.9.